The number of aryl methyl sites for hydroxylation is 1. The van der Waals surface area contributed by atoms with Crippen molar-refractivity contribution < 1.29 is 14.4 Å². The Kier molecular flexibility index (Phi) is 6.30. The molecule has 4 aromatic rings. The van der Waals surface area contributed by atoms with E-state index in [0.717, 1.165) is 44.7 Å². The van der Waals surface area contributed by atoms with Gasteiger partial charge in [-0.3, -0.25) is 19.3 Å². The second kappa shape index (κ2) is 9.82. The lowest BCUT2D eigenvalue weighted by atomic mass is 9.54. The molecular weight excluding hydrogens is 567 g/mol. The molecule has 210 valence electrons. The van der Waals surface area contributed by atoms with Gasteiger partial charge in [0.1, 0.15) is 15.8 Å². The SMILES string of the molecule is CCc1ccc(NC(=O)[C@H](Cc2ccccc2)N2C(=O)[C@@H]3[C@@H](C2=O)C2(Cl)c4ccccc4C3(Cl)c3ccccc32)cc1. The standard InChI is InChI=1S/C35H28Cl2N2O3/c1-2-21-16-18-23(19-17-21)38-31(40)28(20-22-10-4-3-5-11-22)39-32(41)29-30(33(39)42)35(37)25-13-7-6-12-24(25)34(29,36)26-14-8-9-15-27(26)35/h3-19,28-30H,2,20H2,1H3,(H,38,40)/t28-,29-,30-,34?,35?/m0/s1. The van der Waals surface area contributed by atoms with Crippen molar-refractivity contribution in [3.8, 4) is 0 Å². The van der Waals surface area contributed by atoms with Crippen LogP contribution in [0.25, 0.3) is 0 Å². The van der Waals surface area contributed by atoms with Crippen molar-refractivity contribution in [1.29, 1.82) is 0 Å². The van der Waals surface area contributed by atoms with E-state index in [4.69, 9.17) is 23.2 Å². The van der Waals surface area contributed by atoms with Gasteiger partial charge in [-0.15, -0.1) is 23.2 Å². The van der Waals surface area contributed by atoms with Crippen molar-refractivity contribution >= 4 is 46.6 Å². The van der Waals surface area contributed by atoms with Gasteiger partial charge in [-0.2, -0.15) is 0 Å². The van der Waals surface area contributed by atoms with Gasteiger partial charge in [0.25, 0.3) is 0 Å². The molecule has 3 atom stereocenters. The molecule has 1 saturated heterocycles. The van der Waals surface area contributed by atoms with E-state index in [0.29, 0.717) is 5.69 Å². The van der Waals surface area contributed by atoms with Crippen molar-refractivity contribution in [2.75, 3.05) is 5.32 Å². The Hall–Kier alpha value is -3.93. The van der Waals surface area contributed by atoms with Crippen LogP contribution >= 0.6 is 23.2 Å². The number of alkyl halides is 2. The molecule has 7 heteroatoms. The summed E-state index contributed by atoms with van der Waals surface area (Å²) in [6, 6.07) is 30.9. The number of likely N-dealkylation sites (tertiary alicyclic amines) is 1. The number of carbonyl (C=O) groups is 3. The van der Waals surface area contributed by atoms with Crippen LogP contribution < -0.4 is 5.32 Å². The third kappa shape index (κ3) is 3.66. The molecule has 8 rings (SSSR count). The topological polar surface area (TPSA) is 66.5 Å². The summed E-state index contributed by atoms with van der Waals surface area (Å²) in [5.41, 5.74) is 5.46. The molecule has 1 N–H and O–H groups in total. The van der Waals surface area contributed by atoms with E-state index in [2.05, 4.69) is 12.2 Å². The third-order valence-electron chi connectivity index (χ3n) is 9.14. The fraction of sp³-hybridized carbons (Fsp3) is 0.229. The van der Waals surface area contributed by atoms with E-state index < -0.39 is 45.3 Å². The predicted molar refractivity (Wildman–Crippen MR) is 163 cm³/mol. The first-order valence-corrected chi connectivity index (χ1v) is 14.9. The lowest BCUT2D eigenvalue weighted by Gasteiger charge is -2.54. The number of amides is 3. The molecule has 3 amide bonds. The van der Waals surface area contributed by atoms with Crippen LogP contribution in [0.2, 0.25) is 0 Å². The van der Waals surface area contributed by atoms with Gasteiger partial charge in [0, 0.05) is 12.1 Å². The summed E-state index contributed by atoms with van der Waals surface area (Å²) in [5, 5.41) is 2.95. The van der Waals surface area contributed by atoms with Gasteiger partial charge in [0.2, 0.25) is 17.7 Å². The molecule has 0 aromatic heterocycles. The maximum absolute atomic E-state index is 14.6. The predicted octanol–water partition coefficient (Wildman–Crippen LogP) is 6.39. The highest BCUT2D eigenvalue weighted by Crippen LogP contribution is 2.69. The second-order valence-corrected chi connectivity index (χ2v) is 12.5. The second-order valence-electron chi connectivity index (χ2n) is 11.3. The number of halogens is 2. The molecule has 2 bridgehead atoms. The van der Waals surface area contributed by atoms with E-state index >= 15 is 0 Å². The molecule has 5 nitrogen and oxygen atoms in total. The zero-order chi connectivity index (χ0) is 29.2. The van der Waals surface area contributed by atoms with Gasteiger partial charge < -0.3 is 5.32 Å². The summed E-state index contributed by atoms with van der Waals surface area (Å²) in [6.07, 6.45) is 1.02. The molecule has 1 fully saturated rings. The largest absolute Gasteiger partial charge is 0.324 e. The number of imide groups is 1. The van der Waals surface area contributed by atoms with Crippen molar-refractivity contribution in [3.63, 3.8) is 0 Å². The van der Waals surface area contributed by atoms with E-state index in [1.54, 1.807) is 0 Å². The Morgan fingerprint density at radius 3 is 1.62 bits per heavy atom. The highest BCUT2D eigenvalue weighted by Gasteiger charge is 2.73. The number of hydrogen-bond donors (Lipinski definition) is 1. The average molecular weight is 596 g/mol. The summed E-state index contributed by atoms with van der Waals surface area (Å²) in [4.78, 5) is 41.7. The molecule has 0 spiro atoms. The lowest BCUT2D eigenvalue weighted by Crippen LogP contribution is -2.57. The van der Waals surface area contributed by atoms with Crippen LogP contribution in [-0.4, -0.2) is 28.7 Å². The highest BCUT2D eigenvalue weighted by atomic mass is 35.5. The normalized spacial score (nSPS) is 25.9. The minimum Gasteiger partial charge on any atom is -0.324 e. The quantitative estimate of drug-likeness (QED) is 0.208. The Labute approximate surface area is 254 Å². The number of nitrogens with one attached hydrogen (secondary N) is 1. The lowest BCUT2D eigenvalue weighted by molar-refractivity contribution is -0.146. The van der Waals surface area contributed by atoms with Gasteiger partial charge in [-0.1, -0.05) is 97.9 Å². The maximum Gasteiger partial charge on any atom is 0.248 e. The minimum absolute atomic E-state index is 0.154. The van der Waals surface area contributed by atoms with Crippen LogP contribution in [0.4, 0.5) is 5.69 Å². The van der Waals surface area contributed by atoms with E-state index in [1.807, 2.05) is 103 Å². The smallest absolute Gasteiger partial charge is 0.248 e. The first kappa shape index (κ1) is 26.9. The maximum atomic E-state index is 14.6. The number of rotatable bonds is 6. The highest BCUT2D eigenvalue weighted by molar-refractivity contribution is 6.36. The molecule has 1 heterocycles. The zero-order valence-electron chi connectivity index (χ0n) is 22.9. The van der Waals surface area contributed by atoms with Gasteiger partial charge in [0.05, 0.1) is 11.8 Å². The third-order valence-corrected chi connectivity index (χ3v) is 10.4. The zero-order valence-corrected chi connectivity index (χ0v) is 24.4. The summed E-state index contributed by atoms with van der Waals surface area (Å²) in [7, 11) is 0. The minimum atomic E-state index is -1.31. The number of anilines is 1. The summed E-state index contributed by atoms with van der Waals surface area (Å²) >= 11 is 15.2. The summed E-state index contributed by atoms with van der Waals surface area (Å²) in [5.74, 6) is -3.34. The molecule has 0 unspecified atom stereocenters. The van der Waals surface area contributed by atoms with Crippen LogP contribution in [-0.2, 0) is 37.0 Å². The van der Waals surface area contributed by atoms with Crippen molar-refractivity contribution in [2.24, 2.45) is 11.8 Å². The van der Waals surface area contributed by atoms with E-state index in [1.165, 1.54) is 0 Å². The Morgan fingerprint density at radius 2 is 1.17 bits per heavy atom. The fourth-order valence-corrected chi connectivity index (χ4v) is 8.28. The van der Waals surface area contributed by atoms with E-state index in [-0.39, 0.29) is 6.42 Å². The summed E-state index contributed by atoms with van der Waals surface area (Å²) < 4.78 is 0. The molecule has 4 aromatic carbocycles. The van der Waals surface area contributed by atoms with Gasteiger partial charge in [0.15, 0.2) is 0 Å². The van der Waals surface area contributed by atoms with Crippen LogP contribution in [0, 0.1) is 11.8 Å². The van der Waals surface area contributed by atoms with Crippen LogP contribution in [0.5, 0.6) is 0 Å². The van der Waals surface area contributed by atoms with Gasteiger partial charge in [-0.25, -0.2) is 0 Å². The number of benzene rings is 4. The van der Waals surface area contributed by atoms with Crippen molar-refractivity contribution in [3.05, 3.63) is 137 Å². The first-order chi connectivity index (χ1) is 20.3. The molecular formula is C35H28Cl2N2O3. The Morgan fingerprint density at radius 1 is 0.714 bits per heavy atom. The Balaban J connectivity index is 1.34. The van der Waals surface area contributed by atoms with Gasteiger partial charge in [-0.05, 0) is 51.9 Å². The number of nitrogens with zero attached hydrogens (tertiary/aromatic N) is 1. The molecule has 0 saturated carbocycles. The van der Waals surface area contributed by atoms with Crippen LogP contribution in [0.3, 0.4) is 0 Å². The number of carbonyl (C=O) groups excluding carboxylic acids is 3. The van der Waals surface area contributed by atoms with Crippen LogP contribution in [0.1, 0.15) is 40.3 Å². The van der Waals surface area contributed by atoms with E-state index in [9.17, 15) is 14.4 Å². The van der Waals surface area contributed by atoms with Crippen LogP contribution in [0.15, 0.2) is 103 Å². The molecule has 0 radical (unpaired) electrons. The van der Waals surface area contributed by atoms with Crippen molar-refractivity contribution in [1.82, 2.24) is 4.90 Å². The molecule has 4 aliphatic rings. The van der Waals surface area contributed by atoms with Gasteiger partial charge >= 0.3 is 0 Å². The molecule has 42 heavy (non-hydrogen) atoms. The molecule has 3 aliphatic carbocycles. The summed E-state index contributed by atoms with van der Waals surface area (Å²) in [6.45, 7) is 2.06. The molecule has 1 aliphatic heterocycles. The fourth-order valence-electron chi connectivity index (χ4n) is 7.18. The Bertz CT molecular complexity index is 1620. The number of hydrogen-bond acceptors (Lipinski definition) is 3. The van der Waals surface area contributed by atoms with Crippen molar-refractivity contribution in [2.45, 2.75) is 35.6 Å². The average Bonchev–Trinajstić information content (AvgIpc) is 3.30. The first-order valence-electron chi connectivity index (χ1n) is 14.2. The monoisotopic (exact) mass is 594 g/mol.